The van der Waals surface area contributed by atoms with Gasteiger partial charge >= 0.3 is 0 Å². The van der Waals surface area contributed by atoms with E-state index >= 15 is 0 Å². The quantitative estimate of drug-likeness (QED) is 0.944. The van der Waals surface area contributed by atoms with E-state index < -0.39 is 0 Å². The number of hydrogen-bond donors (Lipinski definition) is 1. The van der Waals surface area contributed by atoms with E-state index in [4.69, 9.17) is 4.74 Å². The summed E-state index contributed by atoms with van der Waals surface area (Å²) in [5, 5.41) is 15.5. The molecule has 0 aliphatic rings. The zero-order valence-electron chi connectivity index (χ0n) is 13.2. The lowest BCUT2D eigenvalue weighted by atomic mass is 9.84. The molecular weight excluding hydrogens is 278 g/mol. The van der Waals surface area contributed by atoms with Gasteiger partial charge in [-0.3, -0.25) is 4.79 Å². The maximum Gasteiger partial charge on any atom is 0.264 e. The lowest BCUT2D eigenvalue weighted by Gasteiger charge is -2.23. The molecule has 0 bridgehead atoms. The van der Waals surface area contributed by atoms with Gasteiger partial charge in [0.1, 0.15) is 12.4 Å². The molecule has 0 aliphatic carbocycles. The zero-order chi connectivity index (χ0) is 16.3. The molecule has 5 nitrogen and oxygen atoms in total. The first-order valence-corrected chi connectivity index (χ1v) is 7.04. The molecule has 1 N–H and O–H groups in total. The monoisotopic (exact) mass is 297 g/mol. The lowest BCUT2D eigenvalue weighted by Crippen LogP contribution is -2.15. The minimum atomic E-state index is -0.249. The summed E-state index contributed by atoms with van der Waals surface area (Å²) in [5.41, 5.74) is 2.83. The molecule has 0 amide bonds. The molecule has 22 heavy (non-hydrogen) atoms. The van der Waals surface area contributed by atoms with Crippen molar-refractivity contribution in [2.45, 2.75) is 39.7 Å². The van der Waals surface area contributed by atoms with Crippen molar-refractivity contribution in [3.05, 3.63) is 57.0 Å². The Morgan fingerprint density at radius 3 is 2.59 bits per heavy atom. The largest absolute Gasteiger partial charge is 0.487 e. The molecule has 0 saturated carbocycles. The van der Waals surface area contributed by atoms with Crippen molar-refractivity contribution in [1.29, 1.82) is 5.26 Å². The second-order valence-electron chi connectivity index (χ2n) is 6.23. The third-order valence-electron chi connectivity index (χ3n) is 3.37. The predicted octanol–water partition coefficient (Wildman–Crippen LogP) is 2.83. The summed E-state index contributed by atoms with van der Waals surface area (Å²) >= 11 is 0. The Morgan fingerprint density at radius 2 is 2.05 bits per heavy atom. The number of rotatable bonds is 3. The molecule has 114 valence electrons. The van der Waals surface area contributed by atoms with Gasteiger partial charge in [-0.05, 0) is 35.6 Å². The lowest BCUT2D eigenvalue weighted by molar-refractivity contribution is 0.291. The smallest absolute Gasteiger partial charge is 0.264 e. The van der Waals surface area contributed by atoms with Crippen LogP contribution in [0, 0.1) is 18.3 Å². The minimum absolute atomic E-state index is 0.105. The van der Waals surface area contributed by atoms with Crippen LogP contribution in [0.4, 0.5) is 0 Å². The van der Waals surface area contributed by atoms with Crippen LogP contribution in [0.3, 0.4) is 0 Å². The molecule has 0 spiro atoms. The van der Waals surface area contributed by atoms with Gasteiger partial charge in [0.2, 0.25) is 0 Å². The molecule has 2 rings (SSSR count). The molecular formula is C17H19N3O2. The van der Waals surface area contributed by atoms with Crippen LogP contribution in [-0.2, 0) is 12.0 Å². The Balaban J connectivity index is 2.34. The first kappa shape index (κ1) is 15.8. The van der Waals surface area contributed by atoms with Crippen molar-refractivity contribution in [1.82, 2.24) is 10.2 Å². The van der Waals surface area contributed by atoms with Gasteiger partial charge in [0, 0.05) is 6.07 Å². The number of nitriles is 1. The molecule has 2 aromatic rings. The Hall–Kier alpha value is -2.61. The SMILES string of the molecule is Cc1cc(C(C)(C)C)c(OCc2ccc(=O)[nH]n2)cc1C#N. The Bertz CT molecular complexity index is 759. The first-order valence-electron chi connectivity index (χ1n) is 7.04. The fraction of sp³-hybridized carbons (Fsp3) is 0.353. The fourth-order valence-electron chi connectivity index (χ4n) is 2.12. The molecule has 1 aromatic heterocycles. The van der Waals surface area contributed by atoms with E-state index in [2.05, 4.69) is 37.0 Å². The Labute approximate surface area is 129 Å². The fourth-order valence-corrected chi connectivity index (χ4v) is 2.12. The van der Waals surface area contributed by atoms with Gasteiger partial charge in [0.05, 0.1) is 17.3 Å². The van der Waals surface area contributed by atoms with Crippen LogP contribution in [0.1, 0.15) is 43.2 Å². The number of ether oxygens (including phenoxy) is 1. The van der Waals surface area contributed by atoms with Crippen molar-refractivity contribution in [2.75, 3.05) is 0 Å². The molecule has 0 radical (unpaired) electrons. The Morgan fingerprint density at radius 1 is 1.32 bits per heavy atom. The highest BCUT2D eigenvalue weighted by Gasteiger charge is 2.21. The highest BCUT2D eigenvalue weighted by atomic mass is 16.5. The van der Waals surface area contributed by atoms with Gasteiger partial charge in [0.15, 0.2) is 0 Å². The van der Waals surface area contributed by atoms with Crippen LogP contribution in [0.2, 0.25) is 0 Å². The minimum Gasteiger partial charge on any atom is -0.487 e. The number of H-pyrrole nitrogens is 1. The maximum absolute atomic E-state index is 11.0. The van der Waals surface area contributed by atoms with Crippen molar-refractivity contribution in [2.24, 2.45) is 0 Å². The van der Waals surface area contributed by atoms with E-state index in [0.29, 0.717) is 17.0 Å². The number of aromatic nitrogens is 2. The van der Waals surface area contributed by atoms with Crippen molar-refractivity contribution in [3.63, 3.8) is 0 Å². The summed E-state index contributed by atoms with van der Waals surface area (Å²) < 4.78 is 5.85. The molecule has 1 heterocycles. The van der Waals surface area contributed by atoms with Crippen LogP contribution in [0.5, 0.6) is 5.75 Å². The number of nitrogens with zero attached hydrogens (tertiary/aromatic N) is 2. The third-order valence-corrected chi connectivity index (χ3v) is 3.37. The highest BCUT2D eigenvalue weighted by molar-refractivity contribution is 5.50. The molecule has 0 aliphatic heterocycles. The van der Waals surface area contributed by atoms with Crippen LogP contribution in [0.15, 0.2) is 29.1 Å². The molecule has 0 saturated heterocycles. The van der Waals surface area contributed by atoms with Crippen LogP contribution >= 0.6 is 0 Å². The second-order valence-corrected chi connectivity index (χ2v) is 6.23. The average molecular weight is 297 g/mol. The molecule has 5 heteroatoms. The van der Waals surface area contributed by atoms with Crippen LogP contribution < -0.4 is 10.3 Å². The average Bonchev–Trinajstić information content (AvgIpc) is 2.46. The molecule has 0 unspecified atom stereocenters. The van der Waals surface area contributed by atoms with Gasteiger partial charge in [0.25, 0.3) is 5.56 Å². The van der Waals surface area contributed by atoms with E-state index in [1.807, 2.05) is 13.0 Å². The topological polar surface area (TPSA) is 78.8 Å². The first-order chi connectivity index (χ1) is 10.3. The number of benzene rings is 1. The zero-order valence-corrected chi connectivity index (χ0v) is 13.2. The van der Waals surface area contributed by atoms with Gasteiger partial charge in [-0.25, -0.2) is 5.10 Å². The highest BCUT2D eigenvalue weighted by Crippen LogP contribution is 2.34. The van der Waals surface area contributed by atoms with Crippen molar-refractivity contribution < 1.29 is 4.74 Å². The summed E-state index contributed by atoms with van der Waals surface area (Å²) in [4.78, 5) is 11.0. The molecule has 0 atom stereocenters. The summed E-state index contributed by atoms with van der Waals surface area (Å²) in [7, 11) is 0. The normalized spacial score (nSPS) is 11.0. The number of hydrogen-bond acceptors (Lipinski definition) is 4. The third kappa shape index (κ3) is 3.53. The van der Waals surface area contributed by atoms with E-state index in [1.54, 1.807) is 12.1 Å². The van der Waals surface area contributed by atoms with E-state index in [-0.39, 0.29) is 17.6 Å². The van der Waals surface area contributed by atoms with Crippen LogP contribution in [-0.4, -0.2) is 10.2 Å². The van der Waals surface area contributed by atoms with Gasteiger partial charge in [-0.1, -0.05) is 26.8 Å². The second kappa shape index (κ2) is 6.02. The summed E-state index contributed by atoms with van der Waals surface area (Å²) in [6, 6.07) is 8.97. The summed E-state index contributed by atoms with van der Waals surface area (Å²) in [6.07, 6.45) is 0. The Kier molecular flexibility index (Phi) is 4.32. The molecule has 0 fully saturated rings. The number of aromatic amines is 1. The summed E-state index contributed by atoms with van der Waals surface area (Å²) in [5.74, 6) is 0.669. The van der Waals surface area contributed by atoms with E-state index in [9.17, 15) is 10.1 Å². The predicted molar refractivity (Wildman–Crippen MR) is 83.8 cm³/mol. The maximum atomic E-state index is 11.0. The standard InChI is InChI=1S/C17H19N3O2/c1-11-7-14(17(2,3)4)15(8-12(11)9-18)22-10-13-5-6-16(21)20-19-13/h5-8H,10H2,1-4H3,(H,20,21). The summed E-state index contributed by atoms with van der Waals surface area (Å²) in [6.45, 7) is 8.44. The molecule has 1 aromatic carbocycles. The van der Waals surface area contributed by atoms with Crippen LogP contribution in [0.25, 0.3) is 0 Å². The van der Waals surface area contributed by atoms with Gasteiger partial charge in [-0.15, -0.1) is 0 Å². The number of nitrogens with one attached hydrogen (secondary N) is 1. The number of aryl methyl sites for hydroxylation is 1. The van der Waals surface area contributed by atoms with E-state index in [1.165, 1.54) is 6.07 Å². The van der Waals surface area contributed by atoms with E-state index in [0.717, 1.165) is 11.1 Å². The van der Waals surface area contributed by atoms with Gasteiger partial charge < -0.3 is 4.74 Å². The van der Waals surface area contributed by atoms with Crippen molar-refractivity contribution >= 4 is 0 Å². The van der Waals surface area contributed by atoms with Gasteiger partial charge in [-0.2, -0.15) is 10.4 Å². The van der Waals surface area contributed by atoms with Crippen molar-refractivity contribution in [3.8, 4) is 11.8 Å².